The number of rotatable bonds is 0. The SMILES string of the molecule is CC1Cc2c([nH]c3ccccc23)C=CN1. The second kappa shape index (κ2) is 3.16. The molecule has 76 valence electrons. The lowest BCUT2D eigenvalue weighted by Gasteiger charge is -2.08. The summed E-state index contributed by atoms with van der Waals surface area (Å²) in [5, 5.41) is 4.70. The van der Waals surface area contributed by atoms with Crippen LogP contribution in [0.2, 0.25) is 0 Å². The Morgan fingerprint density at radius 3 is 3.07 bits per heavy atom. The number of hydrogen-bond acceptors (Lipinski definition) is 1. The summed E-state index contributed by atoms with van der Waals surface area (Å²) < 4.78 is 0. The summed E-state index contributed by atoms with van der Waals surface area (Å²) in [5.41, 5.74) is 3.91. The van der Waals surface area contributed by atoms with Crippen molar-refractivity contribution in [3.63, 3.8) is 0 Å². The number of hydrogen-bond donors (Lipinski definition) is 2. The smallest absolute Gasteiger partial charge is 0.0461 e. The number of para-hydroxylation sites is 1. The molecule has 0 fully saturated rings. The number of aromatic nitrogens is 1. The minimum absolute atomic E-state index is 0.502. The quantitative estimate of drug-likeness (QED) is 0.669. The molecule has 2 aromatic rings. The van der Waals surface area contributed by atoms with Gasteiger partial charge in [0.2, 0.25) is 0 Å². The first-order valence-electron chi connectivity index (χ1n) is 5.37. The van der Waals surface area contributed by atoms with Crippen molar-refractivity contribution in [2.24, 2.45) is 0 Å². The second-order valence-electron chi connectivity index (χ2n) is 4.17. The third-order valence-corrected chi connectivity index (χ3v) is 2.99. The van der Waals surface area contributed by atoms with E-state index < -0.39 is 0 Å². The Kier molecular flexibility index (Phi) is 1.81. The minimum atomic E-state index is 0.502. The maximum atomic E-state index is 3.45. The zero-order valence-electron chi connectivity index (χ0n) is 8.75. The van der Waals surface area contributed by atoms with Crippen molar-refractivity contribution < 1.29 is 0 Å². The summed E-state index contributed by atoms with van der Waals surface area (Å²) >= 11 is 0. The van der Waals surface area contributed by atoms with Gasteiger partial charge < -0.3 is 10.3 Å². The van der Waals surface area contributed by atoms with Crippen molar-refractivity contribution in [2.45, 2.75) is 19.4 Å². The average Bonchev–Trinajstić information content (AvgIpc) is 2.47. The minimum Gasteiger partial charge on any atom is -0.388 e. The zero-order valence-corrected chi connectivity index (χ0v) is 8.75. The van der Waals surface area contributed by atoms with E-state index in [-0.39, 0.29) is 0 Å². The van der Waals surface area contributed by atoms with Crippen LogP contribution in [0.5, 0.6) is 0 Å². The molecule has 2 nitrogen and oxygen atoms in total. The molecular formula is C13H14N2. The number of benzene rings is 1. The Bertz CT molecular complexity index is 522. The van der Waals surface area contributed by atoms with Crippen LogP contribution in [0.4, 0.5) is 0 Å². The fraction of sp³-hybridized carbons (Fsp3) is 0.231. The van der Waals surface area contributed by atoms with Gasteiger partial charge in [0, 0.05) is 22.6 Å². The van der Waals surface area contributed by atoms with Gasteiger partial charge in [0.1, 0.15) is 0 Å². The molecule has 0 amide bonds. The molecule has 2 N–H and O–H groups in total. The van der Waals surface area contributed by atoms with Gasteiger partial charge in [-0.25, -0.2) is 0 Å². The van der Waals surface area contributed by atoms with Crippen LogP contribution >= 0.6 is 0 Å². The standard InChI is InChI=1S/C13H14N2/c1-9-8-11-10-4-2-3-5-12(10)15-13(11)6-7-14-9/h2-7,9,14-15H,8H2,1H3. The molecule has 0 saturated heterocycles. The highest BCUT2D eigenvalue weighted by molar-refractivity contribution is 5.87. The molecule has 0 bridgehead atoms. The Labute approximate surface area is 89.0 Å². The second-order valence-corrected chi connectivity index (χ2v) is 4.17. The molecule has 0 aliphatic carbocycles. The van der Waals surface area contributed by atoms with Crippen LogP contribution in [0.25, 0.3) is 17.0 Å². The lowest BCUT2D eigenvalue weighted by molar-refractivity contribution is 0.644. The molecule has 1 aliphatic rings. The summed E-state index contributed by atoms with van der Waals surface area (Å²) in [6, 6.07) is 9.00. The van der Waals surface area contributed by atoms with Crippen molar-refractivity contribution in [3.8, 4) is 0 Å². The highest BCUT2D eigenvalue weighted by Gasteiger charge is 2.13. The topological polar surface area (TPSA) is 27.8 Å². The molecular weight excluding hydrogens is 184 g/mol. The molecule has 2 heteroatoms. The van der Waals surface area contributed by atoms with Crippen LogP contribution in [-0.4, -0.2) is 11.0 Å². The van der Waals surface area contributed by atoms with Crippen molar-refractivity contribution >= 4 is 17.0 Å². The van der Waals surface area contributed by atoms with Crippen LogP contribution in [-0.2, 0) is 6.42 Å². The number of nitrogens with one attached hydrogen (secondary N) is 2. The zero-order chi connectivity index (χ0) is 10.3. The molecule has 3 rings (SSSR count). The van der Waals surface area contributed by atoms with E-state index in [1.165, 1.54) is 22.2 Å². The monoisotopic (exact) mass is 198 g/mol. The Morgan fingerprint density at radius 2 is 2.13 bits per heavy atom. The van der Waals surface area contributed by atoms with Crippen LogP contribution in [0.1, 0.15) is 18.2 Å². The maximum Gasteiger partial charge on any atom is 0.0461 e. The van der Waals surface area contributed by atoms with E-state index >= 15 is 0 Å². The molecule has 1 unspecified atom stereocenters. The predicted octanol–water partition coefficient (Wildman–Crippen LogP) is 2.67. The summed E-state index contributed by atoms with van der Waals surface area (Å²) in [7, 11) is 0. The van der Waals surface area contributed by atoms with E-state index in [0.717, 1.165) is 6.42 Å². The van der Waals surface area contributed by atoms with Crippen molar-refractivity contribution in [1.29, 1.82) is 0 Å². The Balaban J connectivity index is 2.27. The molecule has 15 heavy (non-hydrogen) atoms. The third kappa shape index (κ3) is 1.33. The highest BCUT2D eigenvalue weighted by atomic mass is 14.9. The Hall–Kier alpha value is -1.70. The van der Waals surface area contributed by atoms with Gasteiger partial charge >= 0.3 is 0 Å². The highest BCUT2D eigenvalue weighted by Crippen LogP contribution is 2.25. The summed E-state index contributed by atoms with van der Waals surface area (Å²) in [4.78, 5) is 3.45. The third-order valence-electron chi connectivity index (χ3n) is 2.99. The van der Waals surface area contributed by atoms with Crippen LogP contribution in [0, 0.1) is 0 Å². The van der Waals surface area contributed by atoms with Gasteiger partial charge in [-0.3, -0.25) is 0 Å². The number of fused-ring (bicyclic) bond motifs is 3. The fourth-order valence-corrected chi connectivity index (χ4v) is 2.24. The van der Waals surface area contributed by atoms with Crippen molar-refractivity contribution in [3.05, 3.63) is 41.7 Å². The van der Waals surface area contributed by atoms with E-state index in [4.69, 9.17) is 0 Å². The van der Waals surface area contributed by atoms with Gasteiger partial charge in [-0.1, -0.05) is 18.2 Å². The van der Waals surface area contributed by atoms with Gasteiger partial charge in [-0.05, 0) is 37.3 Å². The van der Waals surface area contributed by atoms with Crippen LogP contribution in [0.3, 0.4) is 0 Å². The van der Waals surface area contributed by atoms with Gasteiger partial charge in [-0.15, -0.1) is 0 Å². The summed E-state index contributed by atoms with van der Waals surface area (Å²) in [6.07, 6.45) is 5.23. The number of aromatic amines is 1. The van der Waals surface area contributed by atoms with E-state index in [1.54, 1.807) is 0 Å². The average molecular weight is 198 g/mol. The van der Waals surface area contributed by atoms with Crippen LogP contribution in [0.15, 0.2) is 30.5 Å². The van der Waals surface area contributed by atoms with E-state index in [0.29, 0.717) is 6.04 Å². The molecule has 1 aromatic heterocycles. The lowest BCUT2D eigenvalue weighted by atomic mass is 10.0. The largest absolute Gasteiger partial charge is 0.388 e. The van der Waals surface area contributed by atoms with Crippen molar-refractivity contribution in [1.82, 2.24) is 10.3 Å². The predicted molar refractivity (Wildman–Crippen MR) is 63.6 cm³/mol. The maximum absolute atomic E-state index is 3.45. The normalized spacial score (nSPS) is 19.7. The Morgan fingerprint density at radius 1 is 1.27 bits per heavy atom. The summed E-state index contributed by atoms with van der Waals surface area (Å²) in [5.74, 6) is 0. The van der Waals surface area contributed by atoms with Crippen molar-refractivity contribution in [2.75, 3.05) is 0 Å². The van der Waals surface area contributed by atoms with E-state index in [1.807, 2.05) is 6.20 Å². The summed E-state index contributed by atoms with van der Waals surface area (Å²) in [6.45, 7) is 2.21. The van der Waals surface area contributed by atoms with Gasteiger partial charge in [0.15, 0.2) is 0 Å². The first-order chi connectivity index (χ1) is 7.34. The van der Waals surface area contributed by atoms with E-state index in [2.05, 4.69) is 47.6 Å². The van der Waals surface area contributed by atoms with Gasteiger partial charge in [-0.2, -0.15) is 0 Å². The molecule has 1 aliphatic heterocycles. The number of H-pyrrole nitrogens is 1. The van der Waals surface area contributed by atoms with Crippen LogP contribution < -0.4 is 5.32 Å². The van der Waals surface area contributed by atoms with Gasteiger partial charge in [0.05, 0.1) is 0 Å². The first kappa shape index (κ1) is 8.60. The van der Waals surface area contributed by atoms with E-state index in [9.17, 15) is 0 Å². The molecule has 1 aromatic carbocycles. The molecule has 0 saturated carbocycles. The molecule has 0 spiro atoms. The lowest BCUT2D eigenvalue weighted by Crippen LogP contribution is -2.21. The molecule has 0 radical (unpaired) electrons. The molecule has 1 atom stereocenters. The van der Waals surface area contributed by atoms with Gasteiger partial charge in [0.25, 0.3) is 0 Å². The first-order valence-corrected chi connectivity index (χ1v) is 5.37. The molecule has 2 heterocycles. The fourth-order valence-electron chi connectivity index (χ4n) is 2.24.